The van der Waals surface area contributed by atoms with Gasteiger partial charge < -0.3 is 9.53 Å². The largest absolute Gasteiger partial charge is 0.417 e. The number of aliphatic hydroxyl groups excluding tert-OH is 1. The molecule has 0 unspecified atom stereocenters. The molecule has 0 fully saturated rings. The number of hydrogen-bond donors (Lipinski definition) is 1. The van der Waals surface area contributed by atoms with Gasteiger partial charge in [-0.05, 0) is 31.0 Å². The molecule has 0 rings (SSSR count). The van der Waals surface area contributed by atoms with Crippen molar-refractivity contribution in [2.45, 2.75) is 167 Å². The van der Waals surface area contributed by atoms with Crippen LogP contribution in [0.5, 0.6) is 0 Å². The zero-order chi connectivity index (χ0) is 23.3. The van der Waals surface area contributed by atoms with Gasteiger partial charge in [0.25, 0.3) is 0 Å². The van der Waals surface area contributed by atoms with Crippen molar-refractivity contribution in [2.75, 3.05) is 13.2 Å². The van der Waals surface area contributed by atoms with Gasteiger partial charge in [-0.25, -0.2) is 0 Å². The van der Waals surface area contributed by atoms with E-state index in [2.05, 4.69) is 33.9 Å². The summed E-state index contributed by atoms with van der Waals surface area (Å²) in [7, 11) is -1.53. The van der Waals surface area contributed by atoms with E-state index in [1.54, 1.807) is 0 Å². The van der Waals surface area contributed by atoms with Crippen LogP contribution in [0.1, 0.15) is 149 Å². The fourth-order valence-electron chi connectivity index (χ4n) is 3.94. The van der Waals surface area contributed by atoms with Crippen molar-refractivity contribution in [2.24, 2.45) is 0 Å². The molecule has 0 spiro atoms. The predicted octanol–water partition coefficient (Wildman–Crippen LogP) is 9.80. The maximum Gasteiger partial charge on any atom is 0.191 e. The normalized spacial score (nSPS) is 12.6. The Morgan fingerprint density at radius 2 is 0.742 bits per heavy atom. The molecule has 0 heterocycles. The molecule has 3 heteroatoms. The Morgan fingerprint density at radius 3 is 1.00 bits per heavy atom. The fraction of sp³-hybridized carbons (Fsp3) is 1.00. The summed E-state index contributed by atoms with van der Waals surface area (Å²) in [4.78, 5) is 0. The first-order chi connectivity index (χ1) is 14.8. The van der Waals surface area contributed by atoms with Gasteiger partial charge >= 0.3 is 0 Å². The van der Waals surface area contributed by atoms with Crippen LogP contribution in [-0.2, 0) is 4.43 Å². The smallest absolute Gasteiger partial charge is 0.191 e. The Kier molecular flexibility index (Phi) is 20.8. The van der Waals surface area contributed by atoms with Crippen LogP contribution in [0.15, 0.2) is 0 Å². The number of unbranched alkanes of at least 4 members (excludes halogenated alkanes) is 19. The van der Waals surface area contributed by atoms with E-state index in [9.17, 15) is 0 Å². The molecule has 0 aliphatic heterocycles. The van der Waals surface area contributed by atoms with Crippen molar-refractivity contribution in [3.05, 3.63) is 0 Å². The van der Waals surface area contributed by atoms with Gasteiger partial charge in [-0.2, -0.15) is 0 Å². The molecule has 31 heavy (non-hydrogen) atoms. The third kappa shape index (κ3) is 20.5. The molecule has 0 radical (unpaired) electrons. The minimum absolute atomic E-state index is 0.342. The number of rotatable bonds is 23. The maximum atomic E-state index is 8.76. The lowest BCUT2D eigenvalue weighted by Gasteiger charge is -2.36. The third-order valence-electron chi connectivity index (χ3n) is 7.32. The Bertz CT molecular complexity index is 363. The molecule has 0 saturated carbocycles. The van der Waals surface area contributed by atoms with Gasteiger partial charge in [-0.3, -0.25) is 0 Å². The highest BCUT2D eigenvalue weighted by molar-refractivity contribution is 6.74. The van der Waals surface area contributed by atoms with Gasteiger partial charge in [0.15, 0.2) is 8.32 Å². The highest BCUT2D eigenvalue weighted by Crippen LogP contribution is 2.36. The monoisotopic (exact) mass is 456 g/mol. The lowest BCUT2D eigenvalue weighted by molar-refractivity contribution is 0.277. The molecule has 0 aromatic heterocycles. The summed E-state index contributed by atoms with van der Waals surface area (Å²) in [6.45, 7) is 13.0. The molecule has 0 aliphatic rings. The van der Waals surface area contributed by atoms with Crippen LogP contribution >= 0.6 is 0 Å². The molecular weight excluding hydrogens is 396 g/mol. The Hall–Kier alpha value is 0.137. The van der Waals surface area contributed by atoms with Crippen molar-refractivity contribution in [1.29, 1.82) is 0 Å². The summed E-state index contributed by atoms with van der Waals surface area (Å²) in [5.74, 6) is 0. The lowest BCUT2D eigenvalue weighted by Crippen LogP contribution is -2.40. The summed E-state index contributed by atoms with van der Waals surface area (Å²) >= 11 is 0. The molecule has 0 saturated heterocycles. The third-order valence-corrected chi connectivity index (χ3v) is 11.9. The second-order valence-corrected chi connectivity index (χ2v) is 16.2. The minimum atomic E-state index is -1.53. The van der Waals surface area contributed by atoms with Gasteiger partial charge in [0.1, 0.15) is 0 Å². The van der Waals surface area contributed by atoms with Crippen molar-refractivity contribution < 1.29 is 9.53 Å². The van der Waals surface area contributed by atoms with Crippen LogP contribution in [0.4, 0.5) is 0 Å². The summed E-state index contributed by atoms with van der Waals surface area (Å²) < 4.78 is 6.27. The van der Waals surface area contributed by atoms with Crippen LogP contribution in [0.25, 0.3) is 0 Å². The molecular formula is C28H60O2Si. The van der Waals surface area contributed by atoms with Crippen molar-refractivity contribution >= 4 is 8.32 Å². The Balaban J connectivity index is 3.16. The van der Waals surface area contributed by atoms with Gasteiger partial charge in [0.05, 0.1) is 0 Å². The average molecular weight is 457 g/mol. The molecule has 0 aromatic rings. The lowest BCUT2D eigenvalue weighted by atomic mass is 10.0. The van der Waals surface area contributed by atoms with Crippen LogP contribution in [0.3, 0.4) is 0 Å². The molecule has 0 aromatic carbocycles. The molecule has 0 aliphatic carbocycles. The van der Waals surface area contributed by atoms with E-state index in [1.165, 1.54) is 122 Å². The van der Waals surface area contributed by atoms with Gasteiger partial charge in [0.2, 0.25) is 0 Å². The quantitative estimate of drug-likeness (QED) is 0.122. The zero-order valence-corrected chi connectivity index (χ0v) is 23.4. The second kappa shape index (κ2) is 20.7. The zero-order valence-electron chi connectivity index (χ0n) is 22.4. The highest BCUT2D eigenvalue weighted by atomic mass is 28.4. The van der Waals surface area contributed by atoms with Crippen LogP contribution in [-0.4, -0.2) is 26.6 Å². The molecule has 188 valence electrons. The average Bonchev–Trinajstić information content (AvgIpc) is 2.71. The molecule has 1 N–H and O–H groups in total. The van der Waals surface area contributed by atoms with Crippen molar-refractivity contribution in [1.82, 2.24) is 0 Å². The van der Waals surface area contributed by atoms with Crippen molar-refractivity contribution in [3.63, 3.8) is 0 Å². The molecule has 2 nitrogen and oxygen atoms in total. The Morgan fingerprint density at radius 1 is 0.484 bits per heavy atom. The topological polar surface area (TPSA) is 29.5 Å². The molecule has 0 bridgehead atoms. The fourth-order valence-corrected chi connectivity index (χ4v) is 5.03. The van der Waals surface area contributed by atoms with E-state index in [0.717, 1.165) is 13.0 Å². The van der Waals surface area contributed by atoms with Crippen LogP contribution < -0.4 is 0 Å². The number of hydrogen-bond acceptors (Lipinski definition) is 2. The second-order valence-electron chi connectivity index (χ2n) is 11.4. The van der Waals surface area contributed by atoms with Gasteiger partial charge in [0, 0.05) is 13.2 Å². The molecule has 0 atom stereocenters. The number of aliphatic hydroxyl groups is 1. The minimum Gasteiger partial charge on any atom is -0.417 e. The van der Waals surface area contributed by atoms with E-state index in [4.69, 9.17) is 9.53 Å². The first-order valence-corrected chi connectivity index (χ1v) is 17.0. The van der Waals surface area contributed by atoms with Gasteiger partial charge in [-0.15, -0.1) is 0 Å². The predicted molar refractivity (Wildman–Crippen MR) is 143 cm³/mol. The van der Waals surface area contributed by atoms with E-state index in [0.29, 0.717) is 11.6 Å². The van der Waals surface area contributed by atoms with Crippen LogP contribution in [0.2, 0.25) is 18.1 Å². The van der Waals surface area contributed by atoms with Crippen LogP contribution in [0, 0.1) is 0 Å². The SMILES string of the molecule is CC(C)(C)[Si](C)(C)OCCCCCCCCCCCCCCCCCCCCCCO. The van der Waals surface area contributed by atoms with Gasteiger partial charge in [-0.1, -0.05) is 136 Å². The molecule has 0 amide bonds. The summed E-state index contributed by atoms with van der Waals surface area (Å²) in [5.41, 5.74) is 0. The van der Waals surface area contributed by atoms with E-state index < -0.39 is 8.32 Å². The highest BCUT2D eigenvalue weighted by Gasteiger charge is 2.36. The summed E-state index contributed by atoms with van der Waals surface area (Å²) in [6, 6.07) is 0. The summed E-state index contributed by atoms with van der Waals surface area (Å²) in [6.07, 6.45) is 27.6. The van der Waals surface area contributed by atoms with E-state index >= 15 is 0 Å². The standard InChI is InChI=1S/C28H60O2Si/c1-28(2,3)31(4,5)30-27-25-23-21-19-17-15-13-11-9-7-6-8-10-12-14-16-18-20-22-24-26-29/h29H,6-27H2,1-5H3. The summed E-state index contributed by atoms with van der Waals surface area (Å²) in [5, 5.41) is 9.10. The Labute approximate surface area is 198 Å². The first-order valence-electron chi connectivity index (χ1n) is 14.1. The maximum absolute atomic E-state index is 8.76. The first kappa shape index (κ1) is 31.1. The van der Waals surface area contributed by atoms with Crippen molar-refractivity contribution in [3.8, 4) is 0 Å². The van der Waals surface area contributed by atoms with E-state index in [-0.39, 0.29) is 0 Å². The van der Waals surface area contributed by atoms with E-state index in [1.807, 2.05) is 0 Å².